The second kappa shape index (κ2) is 18.6. The number of carbonyl (C=O) groups is 2. The molecule has 2 aliphatic rings. The lowest BCUT2D eigenvalue weighted by molar-refractivity contribution is -0.314. The van der Waals surface area contributed by atoms with Gasteiger partial charge in [0.15, 0.2) is 29.8 Å². The molecule has 2 fully saturated rings. The van der Waals surface area contributed by atoms with Gasteiger partial charge in [0.1, 0.15) is 36.6 Å². The Kier molecular flexibility index (Phi) is 14.4. The number of unbranched alkanes of at least 4 members (excludes halogenated alkanes) is 1. The molecular formula is C34H44N4O12. The maximum absolute atomic E-state index is 12.5. The van der Waals surface area contributed by atoms with E-state index in [0.29, 0.717) is 6.42 Å². The highest BCUT2D eigenvalue weighted by Gasteiger charge is 2.51. The summed E-state index contributed by atoms with van der Waals surface area (Å²) in [5, 5.41) is 42.4. The first kappa shape index (κ1) is 38.5. The van der Waals surface area contributed by atoms with Crippen molar-refractivity contribution in [1.82, 2.24) is 19.5 Å². The quantitative estimate of drug-likeness (QED) is 0.0758. The van der Waals surface area contributed by atoms with Gasteiger partial charge in [-0.3, -0.25) is 9.36 Å². The Bertz CT molecular complexity index is 1630. The molecule has 1 unspecified atom stereocenters. The maximum Gasteiger partial charge on any atom is 0.331 e. The Labute approximate surface area is 288 Å². The van der Waals surface area contributed by atoms with E-state index in [1.165, 1.54) is 36.3 Å². The molecule has 0 aliphatic carbocycles. The summed E-state index contributed by atoms with van der Waals surface area (Å²) in [6, 6.07) is 0. The predicted molar refractivity (Wildman–Crippen MR) is 177 cm³/mol. The van der Waals surface area contributed by atoms with E-state index < -0.39 is 85.5 Å². The molecule has 4 heterocycles. The minimum atomic E-state index is -1.72. The minimum Gasteiger partial charge on any atom is -0.455 e. The summed E-state index contributed by atoms with van der Waals surface area (Å²) in [5.74, 6) is -1.24. The van der Waals surface area contributed by atoms with E-state index in [-0.39, 0.29) is 11.2 Å². The van der Waals surface area contributed by atoms with Crippen molar-refractivity contribution >= 4 is 23.1 Å². The highest BCUT2D eigenvalue weighted by Crippen LogP contribution is 2.36. The summed E-state index contributed by atoms with van der Waals surface area (Å²) in [5.41, 5.74) is -0.378. The molecule has 10 atom stereocenters. The number of aliphatic hydroxyl groups excluding tert-OH is 4. The van der Waals surface area contributed by atoms with Crippen LogP contribution in [-0.2, 0) is 33.3 Å². The maximum atomic E-state index is 12.5. The van der Waals surface area contributed by atoms with Crippen LogP contribution in [0.25, 0.3) is 11.2 Å². The van der Waals surface area contributed by atoms with E-state index in [2.05, 4.69) is 21.9 Å². The van der Waals surface area contributed by atoms with Crippen LogP contribution in [0.3, 0.4) is 0 Å². The van der Waals surface area contributed by atoms with Crippen molar-refractivity contribution in [2.45, 2.75) is 101 Å². The van der Waals surface area contributed by atoms with Gasteiger partial charge in [0.25, 0.3) is 5.56 Å². The Morgan fingerprint density at radius 2 is 1.74 bits per heavy atom. The normalized spacial score (nSPS) is 29.7. The highest BCUT2D eigenvalue weighted by molar-refractivity contribution is 5.83. The summed E-state index contributed by atoms with van der Waals surface area (Å²) >= 11 is 0. The number of fused-ring (bicyclic) bond motifs is 1. The summed E-state index contributed by atoms with van der Waals surface area (Å²) in [6.45, 7) is 4.74. The van der Waals surface area contributed by atoms with Crippen molar-refractivity contribution in [3.63, 3.8) is 0 Å². The van der Waals surface area contributed by atoms with Crippen LogP contribution in [0.15, 0.2) is 78.2 Å². The SMILES string of the molecule is CCC/C=C/C=C/C(=O)OC(C)/C=C\C/C=C/C=C\C(=O)O[C@H]1[C@@H](O)[C@H](O)[C@H](O[C@@H]2[C@H](O)[C@@H](CO)O[C@H]2n2cnc3c(=O)[nH]cnc32)O[C@H]1C. The third-order valence-corrected chi connectivity index (χ3v) is 7.85. The molecule has 50 heavy (non-hydrogen) atoms. The van der Waals surface area contributed by atoms with E-state index >= 15 is 0 Å². The first-order chi connectivity index (χ1) is 24.0. The zero-order chi connectivity index (χ0) is 36.2. The molecule has 2 aromatic rings. The Balaban J connectivity index is 1.27. The second-order valence-electron chi connectivity index (χ2n) is 11.7. The number of imidazole rings is 1. The third-order valence-electron chi connectivity index (χ3n) is 7.85. The summed E-state index contributed by atoms with van der Waals surface area (Å²) in [4.78, 5) is 47.0. The number of ether oxygens (including phenoxy) is 5. The van der Waals surface area contributed by atoms with E-state index in [0.717, 1.165) is 18.9 Å². The van der Waals surface area contributed by atoms with Crippen LogP contribution in [0.4, 0.5) is 0 Å². The van der Waals surface area contributed by atoms with Crippen molar-refractivity contribution in [1.29, 1.82) is 0 Å². The van der Waals surface area contributed by atoms with Gasteiger partial charge in [-0.15, -0.1) is 0 Å². The van der Waals surface area contributed by atoms with Crippen LogP contribution in [0.5, 0.6) is 0 Å². The number of nitrogens with one attached hydrogen (secondary N) is 1. The number of hydrogen-bond donors (Lipinski definition) is 5. The van der Waals surface area contributed by atoms with Gasteiger partial charge < -0.3 is 49.1 Å². The van der Waals surface area contributed by atoms with E-state index in [1.807, 2.05) is 6.08 Å². The summed E-state index contributed by atoms with van der Waals surface area (Å²) in [6.07, 6.45) is 8.75. The Hall–Kier alpha value is -4.29. The van der Waals surface area contributed by atoms with Crippen molar-refractivity contribution in [3.8, 4) is 0 Å². The smallest absolute Gasteiger partial charge is 0.331 e. The number of carbonyl (C=O) groups excluding carboxylic acids is 2. The van der Waals surface area contributed by atoms with Crippen molar-refractivity contribution in [2.75, 3.05) is 6.61 Å². The monoisotopic (exact) mass is 700 g/mol. The first-order valence-electron chi connectivity index (χ1n) is 16.3. The fourth-order valence-electron chi connectivity index (χ4n) is 5.28. The number of allylic oxidation sites excluding steroid dienone is 7. The molecule has 2 aliphatic heterocycles. The topological polar surface area (TPSA) is 225 Å². The average Bonchev–Trinajstić information content (AvgIpc) is 3.66. The molecule has 5 N–H and O–H groups in total. The lowest BCUT2D eigenvalue weighted by atomic mass is 9.99. The van der Waals surface area contributed by atoms with E-state index in [9.17, 15) is 34.8 Å². The van der Waals surface area contributed by atoms with Gasteiger partial charge in [-0.05, 0) is 32.8 Å². The summed E-state index contributed by atoms with van der Waals surface area (Å²) in [7, 11) is 0. The second-order valence-corrected chi connectivity index (χ2v) is 11.7. The van der Waals surface area contributed by atoms with Gasteiger partial charge in [-0.1, -0.05) is 55.9 Å². The molecule has 4 rings (SSSR count). The van der Waals surface area contributed by atoms with Gasteiger partial charge in [0, 0.05) is 12.2 Å². The van der Waals surface area contributed by atoms with E-state index in [1.54, 1.807) is 43.4 Å². The van der Waals surface area contributed by atoms with Crippen molar-refractivity contribution in [3.05, 3.63) is 83.8 Å². The number of esters is 2. The number of aromatic amines is 1. The number of aromatic nitrogens is 4. The zero-order valence-electron chi connectivity index (χ0n) is 27.9. The standard InChI is InChI=1S/C34H44N4O12/c1-4-5-6-8-12-15-23(40)46-20(2)14-11-9-7-10-13-16-24(41)49-29-21(3)47-34(28(44)27(29)43)50-30-26(42)22(17-39)48-33(30)38-19-37-25-31(38)35-18-36-32(25)45/h6-8,10-16,18-22,26-30,33-34,39,42-44H,4-5,9,17H2,1-3H3,(H,35,36,45)/b8-6+,10-7+,14-11-,15-12+,16-13-/t20?,21-,22+,26+,27-,28-,29+,30+,33+,34-/m0/s1. The van der Waals surface area contributed by atoms with Gasteiger partial charge in [0.05, 0.1) is 25.4 Å². The van der Waals surface area contributed by atoms with Gasteiger partial charge >= 0.3 is 11.9 Å². The molecule has 0 saturated carbocycles. The van der Waals surface area contributed by atoms with Crippen LogP contribution < -0.4 is 5.56 Å². The number of nitrogens with zero attached hydrogens (tertiary/aromatic N) is 3. The summed E-state index contributed by atoms with van der Waals surface area (Å²) < 4.78 is 29.4. The number of H-pyrrole nitrogens is 1. The molecular weight excluding hydrogens is 656 g/mol. The minimum absolute atomic E-state index is 0.00465. The molecule has 0 bridgehead atoms. The molecule has 16 nitrogen and oxygen atoms in total. The van der Waals surface area contributed by atoms with Crippen LogP contribution in [-0.4, -0.2) is 114 Å². The number of rotatable bonds is 15. The third kappa shape index (κ3) is 9.91. The molecule has 2 saturated heterocycles. The van der Waals surface area contributed by atoms with Gasteiger partial charge in [-0.25, -0.2) is 19.6 Å². The Morgan fingerprint density at radius 1 is 1.00 bits per heavy atom. The fourth-order valence-corrected chi connectivity index (χ4v) is 5.28. The molecule has 0 amide bonds. The molecule has 0 aromatic carbocycles. The molecule has 2 aromatic heterocycles. The van der Waals surface area contributed by atoms with Crippen LogP contribution in [0.2, 0.25) is 0 Å². The van der Waals surface area contributed by atoms with Gasteiger partial charge in [-0.2, -0.15) is 0 Å². The Morgan fingerprint density at radius 3 is 2.48 bits per heavy atom. The molecule has 16 heteroatoms. The van der Waals surface area contributed by atoms with Crippen molar-refractivity contribution in [2.24, 2.45) is 0 Å². The van der Waals surface area contributed by atoms with Crippen LogP contribution in [0, 0.1) is 0 Å². The first-order valence-corrected chi connectivity index (χ1v) is 16.3. The van der Waals surface area contributed by atoms with Crippen molar-refractivity contribution < 1.29 is 53.7 Å². The highest BCUT2D eigenvalue weighted by atomic mass is 16.7. The van der Waals surface area contributed by atoms with Crippen LogP contribution in [0.1, 0.15) is 46.3 Å². The predicted octanol–water partition coefficient (Wildman–Crippen LogP) is 1.04. The van der Waals surface area contributed by atoms with Gasteiger partial charge in [0.2, 0.25) is 0 Å². The molecule has 0 radical (unpaired) electrons. The number of aliphatic hydroxyl groups is 4. The zero-order valence-corrected chi connectivity index (χ0v) is 27.9. The number of hydrogen-bond acceptors (Lipinski definition) is 14. The van der Waals surface area contributed by atoms with Crippen LogP contribution >= 0.6 is 0 Å². The van der Waals surface area contributed by atoms with E-state index in [4.69, 9.17) is 23.7 Å². The molecule has 272 valence electrons. The lowest BCUT2D eigenvalue weighted by Crippen LogP contribution is -2.59. The molecule has 0 spiro atoms. The largest absolute Gasteiger partial charge is 0.455 e. The average molecular weight is 701 g/mol. The lowest BCUT2D eigenvalue weighted by Gasteiger charge is -2.41. The fraction of sp³-hybridized carbons (Fsp3) is 0.500.